The van der Waals surface area contributed by atoms with E-state index >= 15 is 0 Å². The van der Waals surface area contributed by atoms with Crippen molar-refractivity contribution in [2.75, 3.05) is 13.7 Å². The molecule has 0 radical (unpaired) electrons. The molecule has 2 rings (SSSR count). The zero-order valence-electron chi connectivity index (χ0n) is 10.3. The van der Waals surface area contributed by atoms with Gasteiger partial charge in [-0.3, -0.25) is 0 Å². The Labute approximate surface area is 100 Å². The molecular formula is C13H16O4. The van der Waals surface area contributed by atoms with E-state index < -0.39 is 6.10 Å². The van der Waals surface area contributed by atoms with Crippen LogP contribution in [0.15, 0.2) is 12.1 Å². The van der Waals surface area contributed by atoms with Crippen LogP contribution in [0.25, 0.3) is 0 Å². The summed E-state index contributed by atoms with van der Waals surface area (Å²) in [6, 6.07) is 3.82. The minimum Gasteiger partial charge on any atom is -0.496 e. The topological polar surface area (TPSA) is 44.8 Å². The van der Waals surface area contributed by atoms with Gasteiger partial charge in [0, 0.05) is 12.0 Å². The van der Waals surface area contributed by atoms with Gasteiger partial charge in [0.2, 0.25) is 0 Å². The summed E-state index contributed by atoms with van der Waals surface area (Å²) in [5, 5.41) is 0. The summed E-state index contributed by atoms with van der Waals surface area (Å²) >= 11 is 0. The largest absolute Gasteiger partial charge is 0.496 e. The van der Waals surface area contributed by atoms with Crippen LogP contribution in [0.5, 0.6) is 11.5 Å². The van der Waals surface area contributed by atoms with E-state index in [2.05, 4.69) is 0 Å². The lowest BCUT2D eigenvalue weighted by atomic mass is 10.1. The molecule has 1 aromatic carbocycles. The van der Waals surface area contributed by atoms with E-state index in [9.17, 15) is 4.79 Å². The molecule has 1 atom stereocenters. The monoisotopic (exact) mass is 236 g/mol. The second-order valence-corrected chi connectivity index (χ2v) is 3.94. The van der Waals surface area contributed by atoms with Gasteiger partial charge >= 0.3 is 5.97 Å². The lowest BCUT2D eigenvalue weighted by Crippen LogP contribution is -2.27. The van der Waals surface area contributed by atoms with E-state index in [4.69, 9.17) is 14.2 Å². The quantitative estimate of drug-likeness (QED) is 0.751. The van der Waals surface area contributed by atoms with Crippen LogP contribution in [0.2, 0.25) is 0 Å². The van der Waals surface area contributed by atoms with Gasteiger partial charge in [-0.2, -0.15) is 0 Å². The number of methoxy groups -OCH3 is 1. The maximum Gasteiger partial charge on any atom is 0.347 e. The zero-order chi connectivity index (χ0) is 12.4. The number of carbonyl (C=O) groups excluding carboxylic acids is 1. The average Bonchev–Trinajstić information content (AvgIpc) is 2.75. The molecule has 0 fully saturated rings. The Kier molecular flexibility index (Phi) is 3.22. The summed E-state index contributed by atoms with van der Waals surface area (Å²) in [6.45, 7) is 4.08. The third kappa shape index (κ3) is 2.07. The third-order valence-electron chi connectivity index (χ3n) is 2.87. The van der Waals surface area contributed by atoms with Gasteiger partial charge in [-0.25, -0.2) is 4.79 Å². The molecule has 4 heteroatoms. The van der Waals surface area contributed by atoms with Crippen LogP contribution in [0.1, 0.15) is 18.1 Å². The van der Waals surface area contributed by atoms with E-state index in [0.29, 0.717) is 13.0 Å². The van der Waals surface area contributed by atoms with Gasteiger partial charge in [-0.05, 0) is 25.5 Å². The fraction of sp³-hybridized carbons (Fsp3) is 0.462. The molecule has 0 saturated carbocycles. The van der Waals surface area contributed by atoms with Crippen LogP contribution in [-0.4, -0.2) is 25.8 Å². The predicted molar refractivity (Wildman–Crippen MR) is 62.5 cm³/mol. The van der Waals surface area contributed by atoms with Crippen molar-refractivity contribution in [3.8, 4) is 11.5 Å². The molecule has 4 nitrogen and oxygen atoms in total. The molecule has 0 saturated heterocycles. The zero-order valence-corrected chi connectivity index (χ0v) is 10.3. The number of rotatable bonds is 3. The lowest BCUT2D eigenvalue weighted by Gasteiger charge is -2.11. The van der Waals surface area contributed by atoms with E-state index in [-0.39, 0.29) is 5.97 Å². The molecular weight excluding hydrogens is 220 g/mol. The van der Waals surface area contributed by atoms with Crippen molar-refractivity contribution in [3.63, 3.8) is 0 Å². The van der Waals surface area contributed by atoms with Gasteiger partial charge in [0.05, 0.1) is 13.7 Å². The van der Waals surface area contributed by atoms with Gasteiger partial charge in [0.25, 0.3) is 0 Å². The predicted octanol–water partition coefficient (Wildman–Crippen LogP) is 1.87. The molecule has 0 spiro atoms. The fourth-order valence-corrected chi connectivity index (χ4v) is 2.03. The Hall–Kier alpha value is -1.71. The minimum atomic E-state index is -0.518. The highest BCUT2D eigenvalue weighted by atomic mass is 16.6. The van der Waals surface area contributed by atoms with Crippen LogP contribution in [0.4, 0.5) is 0 Å². The summed E-state index contributed by atoms with van der Waals surface area (Å²) in [5.74, 6) is 1.22. The molecule has 1 heterocycles. The second-order valence-electron chi connectivity index (χ2n) is 3.94. The van der Waals surface area contributed by atoms with Crippen molar-refractivity contribution in [1.29, 1.82) is 0 Å². The normalized spacial score (nSPS) is 17.2. The number of ether oxygens (including phenoxy) is 3. The highest BCUT2D eigenvalue weighted by molar-refractivity contribution is 5.77. The molecule has 0 aliphatic carbocycles. The van der Waals surface area contributed by atoms with Crippen molar-refractivity contribution in [3.05, 3.63) is 23.3 Å². The maximum atomic E-state index is 11.6. The number of fused-ring (bicyclic) bond motifs is 1. The first-order valence-electron chi connectivity index (χ1n) is 5.67. The van der Waals surface area contributed by atoms with Crippen molar-refractivity contribution >= 4 is 5.97 Å². The molecule has 1 aromatic rings. The second kappa shape index (κ2) is 4.65. The highest BCUT2D eigenvalue weighted by Crippen LogP contribution is 2.37. The van der Waals surface area contributed by atoms with E-state index in [1.807, 2.05) is 19.1 Å². The summed E-state index contributed by atoms with van der Waals surface area (Å²) in [7, 11) is 1.62. The average molecular weight is 236 g/mol. The van der Waals surface area contributed by atoms with Crippen LogP contribution in [-0.2, 0) is 16.0 Å². The van der Waals surface area contributed by atoms with Gasteiger partial charge in [0.15, 0.2) is 6.10 Å². The first-order chi connectivity index (χ1) is 8.17. The lowest BCUT2D eigenvalue weighted by molar-refractivity contribution is -0.150. The Morgan fingerprint density at radius 3 is 2.94 bits per heavy atom. The molecule has 0 bridgehead atoms. The summed E-state index contributed by atoms with van der Waals surface area (Å²) in [5.41, 5.74) is 1.96. The summed E-state index contributed by atoms with van der Waals surface area (Å²) < 4.78 is 15.8. The van der Waals surface area contributed by atoms with Crippen molar-refractivity contribution in [1.82, 2.24) is 0 Å². The van der Waals surface area contributed by atoms with Crippen molar-refractivity contribution < 1.29 is 19.0 Å². The maximum absolute atomic E-state index is 11.6. The SMILES string of the molecule is CCOC(=O)[C@H]1Cc2ccc(OC)c(C)c2O1. The van der Waals surface area contributed by atoms with Crippen LogP contribution < -0.4 is 9.47 Å². The minimum absolute atomic E-state index is 0.304. The molecule has 17 heavy (non-hydrogen) atoms. The number of hydrogen-bond acceptors (Lipinski definition) is 4. The van der Waals surface area contributed by atoms with Gasteiger partial charge in [-0.1, -0.05) is 6.07 Å². The van der Waals surface area contributed by atoms with Crippen LogP contribution >= 0.6 is 0 Å². The van der Waals surface area contributed by atoms with Crippen LogP contribution in [0, 0.1) is 6.92 Å². The number of esters is 1. The van der Waals surface area contributed by atoms with Gasteiger partial charge < -0.3 is 14.2 Å². The first-order valence-corrected chi connectivity index (χ1v) is 5.67. The number of carbonyl (C=O) groups is 1. The summed E-state index contributed by atoms with van der Waals surface area (Å²) in [6.07, 6.45) is 0.0506. The van der Waals surface area contributed by atoms with E-state index in [1.54, 1.807) is 14.0 Å². The first kappa shape index (κ1) is 11.8. The molecule has 0 N–H and O–H groups in total. The van der Waals surface area contributed by atoms with E-state index in [1.165, 1.54) is 0 Å². The Morgan fingerprint density at radius 1 is 1.53 bits per heavy atom. The van der Waals surface area contributed by atoms with Crippen molar-refractivity contribution in [2.45, 2.75) is 26.4 Å². The molecule has 0 aromatic heterocycles. The van der Waals surface area contributed by atoms with Gasteiger partial charge in [-0.15, -0.1) is 0 Å². The smallest absolute Gasteiger partial charge is 0.347 e. The fourth-order valence-electron chi connectivity index (χ4n) is 2.03. The molecule has 1 aliphatic heterocycles. The third-order valence-corrected chi connectivity index (χ3v) is 2.87. The standard InChI is InChI=1S/C13H16O4/c1-4-16-13(14)11-7-9-5-6-10(15-3)8(2)12(9)17-11/h5-6,11H,4,7H2,1-3H3/t11-/m1/s1. The van der Waals surface area contributed by atoms with Gasteiger partial charge in [0.1, 0.15) is 11.5 Å². The Bertz CT molecular complexity index is 439. The highest BCUT2D eigenvalue weighted by Gasteiger charge is 2.32. The summed E-state index contributed by atoms with van der Waals surface area (Å²) in [4.78, 5) is 11.6. The Balaban J connectivity index is 2.22. The van der Waals surface area contributed by atoms with Crippen molar-refractivity contribution in [2.24, 2.45) is 0 Å². The van der Waals surface area contributed by atoms with E-state index in [0.717, 1.165) is 22.6 Å². The molecule has 92 valence electrons. The number of benzene rings is 1. The molecule has 0 unspecified atom stereocenters. The molecule has 0 amide bonds. The van der Waals surface area contributed by atoms with Crippen LogP contribution in [0.3, 0.4) is 0 Å². The number of hydrogen-bond donors (Lipinski definition) is 0. The molecule has 1 aliphatic rings. The Morgan fingerprint density at radius 2 is 2.29 bits per heavy atom.